The number of ether oxygens (including phenoxy) is 1. The van der Waals surface area contributed by atoms with E-state index in [4.69, 9.17) is 33.0 Å². The zero-order valence-corrected chi connectivity index (χ0v) is 30.7. The van der Waals surface area contributed by atoms with Gasteiger partial charge in [-0.3, -0.25) is 14.8 Å². The number of amides is 2. The fourth-order valence-corrected chi connectivity index (χ4v) is 8.64. The number of nitrogens with one attached hydrogen (secondary N) is 1. The minimum Gasteiger partial charge on any atom is -0.444 e. The fourth-order valence-electron chi connectivity index (χ4n) is 7.56. The van der Waals surface area contributed by atoms with E-state index in [1.807, 2.05) is 43.9 Å². The molecule has 3 aliphatic heterocycles. The van der Waals surface area contributed by atoms with Crippen molar-refractivity contribution in [1.82, 2.24) is 29.2 Å². The maximum atomic E-state index is 14.4. The number of hydrogen-bond donors (Lipinski definition) is 1. The van der Waals surface area contributed by atoms with Crippen molar-refractivity contribution in [2.24, 2.45) is 5.41 Å². The van der Waals surface area contributed by atoms with Crippen LogP contribution < -0.4 is 10.2 Å². The Hall–Kier alpha value is -4.20. The van der Waals surface area contributed by atoms with Crippen molar-refractivity contribution >= 4 is 68.3 Å². The number of benzene rings is 2. The van der Waals surface area contributed by atoms with Gasteiger partial charge < -0.3 is 19.1 Å². The van der Waals surface area contributed by atoms with E-state index < -0.39 is 23.7 Å². The second kappa shape index (κ2) is 12.8. The molecule has 2 aromatic carbocycles. The Balaban J connectivity index is 1.04. The Kier molecular flexibility index (Phi) is 8.50. The summed E-state index contributed by atoms with van der Waals surface area (Å²) in [6.07, 6.45) is 5.75. The molecule has 0 aliphatic carbocycles. The van der Waals surface area contributed by atoms with Crippen LogP contribution in [0.2, 0.25) is 10.0 Å². The monoisotopic (exact) mass is 750 g/mol. The predicted molar refractivity (Wildman–Crippen MR) is 197 cm³/mol. The summed E-state index contributed by atoms with van der Waals surface area (Å²) in [5.74, 6) is -0.414. The average molecular weight is 752 g/mol. The molecule has 0 radical (unpaired) electrons. The molecule has 3 aliphatic rings. The molecule has 0 unspecified atom stereocenters. The van der Waals surface area contributed by atoms with E-state index in [2.05, 4.69) is 32.3 Å². The van der Waals surface area contributed by atoms with Crippen molar-refractivity contribution in [3.05, 3.63) is 75.9 Å². The zero-order chi connectivity index (χ0) is 35.7. The van der Waals surface area contributed by atoms with Gasteiger partial charge in [0.1, 0.15) is 17.3 Å². The van der Waals surface area contributed by atoms with E-state index in [1.165, 1.54) is 16.0 Å². The number of piperidine rings is 1. The summed E-state index contributed by atoms with van der Waals surface area (Å²) in [4.78, 5) is 39.5. The molecule has 2 amide bonds. The molecular formula is C36H37Cl2FN8O3S. The van der Waals surface area contributed by atoms with Crippen molar-refractivity contribution in [2.75, 3.05) is 36.4 Å². The molecular weight excluding hydrogens is 714 g/mol. The maximum absolute atomic E-state index is 14.4. The van der Waals surface area contributed by atoms with Gasteiger partial charge in [0.15, 0.2) is 11.2 Å². The third-order valence-electron chi connectivity index (χ3n) is 9.84. The van der Waals surface area contributed by atoms with Gasteiger partial charge in [0, 0.05) is 78.1 Å². The van der Waals surface area contributed by atoms with Gasteiger partial charge in [0.2, 0.25) is 0 Å². The lowest BCUT2D eigenvalue weighted by atomic mass is 9.73. The quantitative estimate of drug-likeness (QED) is 0.190. The van der Waals surface area contributed by atoms with Gasteiger partial charge in [-0.2, -0.15) is 5.10 Å². The summed E-state index contributed by atoms with van der Waals surface area (Å²) >= 11 is 15.2. The maximum Gasteiger partial charge on any atom is 0.410 e. The molecule has 1 N–H and O–H groups in total. The van der Waals surface area contributed by atoms with Gasteiger partial charge in [0.25, 0.3) is 5.91 Å². The van der Waals surface area contributed by atoms with Crippen LogP contribution in [0.3, 0.4) is 0 Å². The van der Waals surface area contributed by atoms with Gasteiger partial charge in [-0.15, -0.1) is 11.3 Å². The average Bonchev–Trinajstić information content (AvgIpc) is 3.88. The van der Waals surface area contributed by atoms with Crippen molar-refractivity contribution in [1.29, 1.82) is 0 Å². The van der Waals surface area contributed by atoms with Crippen LogP contribution in [0.4, 0.5) is 20.0 Å². The number of likely N-dealkylation sites (tertiary alicyclic amines) is 1. The SMILES string of the molecule is CC(C)(C)OC(=O)N1CCCC2(C1)CN(c1ccc(-c3cc(Cl)c4cn([C@@H](C(=O)Nc5nccs5)c5ncn6c5C[C@@H](F)C6)nc4c3Cl)cc1)C2. The van der Waals surface area contributed by atoms with Gasteiger partial charge in [-0.05, 0) is 57.4 Å². The highest BCUT2D eigenvalue weighted by atomic mass is 35.5. The molecule has 3 aromatic heterocycles. The standard InChI is InChI=1S/C36H37Cl2FN8O3S/c1-35(2,3)50-34(49)44-11-4-9-36(17-44)18-46(19-36)23-7-5-21(6-8-23)24-14-26(37)25-16-47(43-29(25)28(24)38)31(32(48)42-33-40-10-12-51-33)30-27-13-22(39)15-45(27)20-41-30/h5-8,10,12,14,16,20,22,31H,4,9,11,13,15,17-19H2,1-3H3,(H,40,42,48)/t22-,31-/m1/s1. The van der Waals surface area contributed by atoms with Crippen LogP contribution in [0.1, 0.15) is 51.0 Å². The highest BCUT2D eigenvalue weighted by Gasteiger charge is 2.47. The number of aromatic nitrogens is 5. The number of fused-ring (bicyclic) bond motifs is 2. The summed E-state index contributed by atoms with van der Waals surface area (Å²) in [7, 11) is 0. The minimum absolute atomic E-state index is 0.0633. The zero-order valence-electron chi connectivity index (χ0n) is 28.4. The van der Waals surface area contributed by atoms with E-state index in [9.17, 15) is 14.0 Å². The van der Waals surface area contributed by atoms with E-state index in [0.717, 1.165) is 43.7 Å². The normalized spacial score (nSPS) is 18.9. The van der Waals surface area contributed by atoms with Crippen molar-refractivity contribution in [3.63, 3.8) is 0 Å². The number of halogens is 3. The number of carbonyl (C=O) groups excluding carboxylic acids is 2. The number of imidazole rings is 1. The van der Waals surface area contributed by atoms with Crippen molar-refractivity contribution < 1.29 is 18.7 Å². The van der Waals surface area contributed by atoms with Crippen molar-refractivity contribution in [3.8, 4) is 11.1 Å². The third kappa shape index (κ3) is 6.44. The Labute approximate surface area is 308 Å². The summed E-state index contributed by atoms with van der Waals surface area (Å²) in [5, 5.41) is 11.2. The summed E-state index contributed by atoms with van der Waals surface area (Å²) in [6.45, 7) is 9.02. The molecule has 2 saturated heterocycles. The topological polar surface area (TPSA) is 110 Å². The number of anilines is 2. The van der Waals surface area contributed by atoms with Gasteiger partial charge >= 0.3 is 6.09 Å². The van der Waals surface area contributed by atoms with Crippen LogP contribution in [-0.4, -0.2) is 79.2 Å². The molecule has 11 nitrogen and oxygen atoms in total. The second-order valence-electron chi connectivity index (χ2n) is 14.8. The highest BCUT2D eigenvalue weighted by Crippen LogP contribution is 2.43. The lowest BCUT2D eigenvalue weighted by Crippen LogP contribution is -2.64. The number of alkyl halides is 1. The molecule has 15 heteroatoms. The van der Waals surface area contributed by atoms with Crippen LogP contribution in [0.15, 0.2) is 54.4 Å². The van der Waals surface area contributed by atoms with Gasteiger partial charge in [-0.1, -0.05) is 35.3 Å². The first-order valence-corrected chi connectivity index (χ1v) is 18.6. The largest absolute Gasteiger partial charge is 0.444 e. The lowest BCUT2D eigenvalue weighted by molar-refractivity contribution is -0.118. The van der Waals surface area contributed by atoms with Gasteiger partial charge in [0.05, 0.1) is 28.6 Å². The molecule has 1 spiro atoms. The van der Waals surface area contributed by atoms with Crippen LogP contribution in [0.25, 0.3) is 22.0 Å². The van der Waals surface area contributed by atoms with Crippen molar-refractivity contribution in [2.45, 2.75) is 64.4 Å². The first-order chi connectivity index (χ1) is 24.4. The lowest BCUT2D eigenvalue weighted by Gasteiger charge is -2.55. The van der Waals surface area contributed by atoms with E-state index in [1.54, 1.807) is 28.7 Å². The third-order valence-corrected chi connectivity index (χ3v) is 11.2. The first-order valence-electron chi connectivity index (χ1n) is 16.9. The molecule has 51 heavy (non-hydrogen) atoms. The summed E-state index contributed by atoms with van der Waals surface area (Å²) < 4.78 is 23.3. The highest BCUT2D eigenvalue weighted by molar-refractivity contribution is 7.13. The number of thiazole rings is 1. The van der Waals surface area contributed by atoms with Crippen LogP contribution in [-0.2, 0) is 22.5 Å². The predicted octanol–water partition coefficient (Wildman–Crippen LogP) is 7.62. The Morgan fingerprint density at radius 3 is 2.65 bits per heavy atom. The fraction of sp³-hybridized carbons (Fsp3) is 0.417. The number of nitrogens with zero attached hydrogens (tertiary/aromatic N) is 7. The smallest absolute Gasteiger partial charge is 0.410 e. The molecule has 2 atom stereocenters. The molecule has 6 heterocycles. The first kappa shape index (κ1) is 33.9. The van der Waals surface area contributed by atoms with Crippen LogP contribution in [0.5, 0.6) is 0 Å². The molecule has 5 aromatic rings. The molecule has 0 saturated carbocycles. The molecule has 266 valence electrons. The van der Waals surface area contributed by atoms with Gasteiger partial charge in [-0.25, -0.2) is 19.2 Å². The Bertz CT molecular complexity index is 2120. The Morgan fingerprint density at radius 1 is 1.14 bits per heavy atom. The van der Waals surface area contributed by atoms with E-state index in [0.29, 0.717) is 49.6 Å². The van der Waals surface area contributed by atoms with Crippen LogP contribution in [0, 0.1) is 5.41 Å². The number of rotatable bonds is 6. The number of hydrogen-bond acceptors (Lipinski definition) is 8. The minimum atomic E-state index is -1.05. The second-order valence-corrected chi connectivity index (χ2v) is 16.4. The summed E-state index contributed by atoms with van der Waals surface area (Å²) in [6, 6.07) is 8.96. The molecule has 0 bridgehead atoms. The number of carbonyl (C=O) groups is 2. The molecule has 2 fully saturated rings. The van der Waals surface area contributed by atoms with E-state index in [-0.39, 0.29) is 24.5 Å². The summed E-state index contributed by atoms with van der Waals surface area (Å²) in [5.41, 5.74) is 3.71. The van der Waals surface area contributed by atoms with Crippen LogP contribution >= 0.6 is 34.5 Å². The Morgan fingerprint density at radius 2 is 1.92 bits per heavy atom. The van der Waals surface area contributed by atoms with E-state index >= 15 is 0 Å². The molecule has 8 rings (SSSR count).